The number of rotatable bonds is 3. The van der Waals surface area contributed by atoms with Crippen molar-refractivity contribution in [2.45, 2.75) is 38.0 Å². The number of amides is 1. The molecule has 9 heteroatoms. The molecule has 0 spiro atoms. The molecular formula is C15H14F7NO. The maximum Gasteiger partial charge on any atom is 0.471 e. The summed E-state index contributed by atoms with van der Waals surface area (Å²) < 4.78 is 88.0. The first kappa shape index (κ1) is 18.5. The first-order valence-electron chi connectivity index (χ1n) is 7.22. The molecule has 0 fully saturated rings. The minimum Gasteiger partial charge on any atom is -0.348 e. The predicted octanol–water partition coefficient (Wildman–Crippen LogP) is 4.02. The third kappa shape index (κ3) is 4.39. The number of hydrogen-bond donors (Lipinski definition) is 1. The van der Waals surface area contributed by atoms with E-state index in [4.69, 9.17) is 0 Å². The van der Waals surface area contributed by atoms with Crippen LogP contribution in [-0.4, -0.2) is 18.6 Å². The Morgan fingerprint density at radius 2 is 1.83 bits per heavy atom. The maximum absolute atomic E-state index is 13.9. The first-order valence-corrected chi connectivity index (χ1v) is 7.22. The van der Waals surface area contributed by atoms with E-state index in [1.807, 2.05) is 0 Å². The van der Waals surface area contributed by atoms with Gasteiger partial charge >= 0.3 is 18.3 Å². The highest BCUT2D eigenvalue weighted by atomic mass is 19.4. The van der Waals surface area contributed by atoms with Crippen molar-refractivity contribution in [3.8, 4) is 0 Å². The summed E-state index contributed by atoms with van der Waals surface area (Å²) in [5.74, 6) is -3.19. The van der Waals surface area contributed by atoms with E-state index in [1.165, 1.54) is 0 Å². The van der Waals surface area contributed by atoms with E-state index in [-0.39, 0.29) is 42.9 Å². The second kappa shape index (κ2) is 6.60. The Kier molecular flexibility index (Phi) is 5.10. The van der Waals surface area contributed by atoms with Crippen molar-refractivity contribution in [2.75, 3.05) is 6.54 Å². The quantitative estimate of drug-likeness (QED) is 0.814. The summed E-state index contributed by atoms with van der Waals surface area (Å²) in [5.41, 5.74) is -0.603. The van der Waals surface area contributed by atoms with Gasteiger partial charge in [0, 0.05) is 6.54 Å². The fraction of sp³-hybridized carbons (Fsp3) is 0.533. The van der Waals surface area contributed by atoms with E-state index in [0.717, 1.165) is 6.07 Å². The molecule has 1 aliphatic carbocycles. The normalized spacial score (nSPS) is 18.2. The summed E-state index contributed by atoms with van der Waals surface area (Å²) in [6, 6.07) is 1.35. The van der Waals surface area contributed by atoms with Crippen LogP contribution >= 0.6 is 0 Å². The molecule has 0 radical (unpaired) electrons. The third-order valence-corrected chi connectivity index (χ3v) is 4.03. The van der Waals surface area contributed by atoms with Gasteiger partial charge in [-0.2, -0.15) is 26.3 Å². The third-order valence-electron chi connectivity index (χ3n) is 4.03. The number of halogens is 7. The number of carbonyl (C=O) groups excluding carboxylic acids is 1. The zero-order chi connectivity index (χ0) is 18.1. The zero-order valence-electron chi connectivity index (χ0n) is 12.3. The Hall–Kier alpha value is -1.80. The van der Waals surface area contributed by atoms with Crippen molar-refractivity contribution in [2.24, 2.45) is 5.92 Å². The van der Waals surface area contributed by atoms with Crippen LogP contribution in [0.4, 0.5) is 30.7 Å². The van der Waals surface area contributed by atoms with Gasteiger partial charge in [-0.15, -0.1) is 0 Å². The molecule has 2 rings (SSSR count). The van der Waals surface area contributed by atoms with Crippen molar-refractivity contribution >= 4 is 5.91 Å². The van der Waals surface area contributed by atoms with Gasteiger partial charge in [-0.3, -0.25) is 4.79 Å². The van der Waals surface area contributed by atoms with Crippen LogP contribution in [0.5, 0.6) is 0 Å². The molecule has 24 heavy (non-hydrogen) atoms. The van der Waals surface area contributed by atoms with Crippen LogP contribution in [0, 0.1) is 11.7 Å². The van der Waals surface area contributed by atoms with Gasteiger partial charge in [-0.1, -0.05) is 0 Å². The van der Waals surface area contributed by atoms with Gasteiger partial charge in [-0.25, -0.2) is 4.39 Å². The standard InChI is InChI=1S/C15H14F7NO/c16-12-7-10(14(17,18)19)6-9-2-1-8(5-11(9)12)3-4-23-13(24)15(20,21)22/h6-8H,1-5H2,(H,23,24). The van der Waals surface area contributed by atoms with Crippen molar-refractivity contribution < 1.29 is 35.5 Å². The number of hydrogen-bond acceptors (Lipinski definition) is 1. The average molecular weight is 357 g/mol. The molecule has 0 heterocycles. The van der Waals surface area contributed by atoms with E-state index in [0.29, 0.717) is 12.5 Å². The SMILES string of the molecule is O=C(NCCC1CCc2cc(C(F)(F)F)cc(F)c2C1)C(F)(F)F. The number of nitrogens with one attached hydrogen (secondary N) is 1. The molecule has 1 unspecified atom stereocenters. The molecule has 0 saturated heterocycles. The van der Waals surface area contributed by atoms with Crippen LogP contribution in [0.2, 0.25) is 0 Å². The second-order valence-electron chi connectivity index (χ2n) is 5.74. The molecule has 0 saturated carbocycles. The highest BCUT2D eigenvalue weighted by Gasteiger charge is 2.38. The van der Waals surface area contributed by atoms with Crippen molar-refractivity contribution in [3.63, 3.8) is 0 Å². The van der Waals surface area contributed by atoms with Crippen molar-refractivity contribution in [3.05, 3.63) is 34.6 Å². The van der Waals surface area contributed by atoms with Crippen molar-refractivity contribution in [1.82, 2.24) is 5.32 Å². The largest absolute Gasteiger partial charge is 0.471 e. The molecule has 134 valence electrons. The highest BCUT2D eigenvalue weighted by Crippen LogP contribution is 2.36. The van der Waals surface area contributed by atoms with Gasteiger partial charge in [0.2, 0.25) is 0 Å². The number of fused-ring (bicyclic) bond motifs is 1. The Morgan fingerprint density at radius 1 is 1.17 bits per heavy atom. The summed E-state index contributed by atoms with van der Waals surface area (Å²) in [4.78, 5) is 10.7. The topological polar surface area (TPSA) is 29.1 Å². The molecule has 1 aliphatic rings. The Balaban J connectivity index is 1.99. The van der Waals surface area contributed by atoms with E-state index in [9.17, 15) is 35.5 Å². The van der Waals surface area contributed by atoms with Gasteiger partial charge in [0.1, 0.15) is 5.82 Å². The molecule has 2 nitrogen and oxygen atoms in total. The number of carbonyl (C=O) groups is 1. The smallest absolute Gasteiger partial charge is 0.348 e. The van der Waals surface area contributed by atoms with Gasteiger partial charge in [0.05, 0.1) is 5.56 Å². The summed E-state index contributed by atoms with van der Waals surface area (Å²) in [7, 11) is 0. The minimum atomic E-state index is -4.96. The monoisotopic (exact) mass is 357 g/mol. The van der Waals surface area contributed by atoms with E-state index >= 15 is 0 Å². The summed E-state index contributed by atoms with van der Waals surface area (Å²) in [6.07, 6.45) is -8.61. The van der Waals surface area contributed by atoms with E-state index in [2.05, 4.69) is 0 Å². The first-order chi connectivity index (χ1) is 11.0. The molecule has 1 N–H and O–H groups in total. The van der Waals surface area contributed by atoms with Crippen LogP contribution in [-0.2, 0) is 23.8 Å². The van der Waals surface area contributed by atoms with Crippen molar-refractivity contribution in [1.29, 1.82) is 0 Å². The molecule has 0 aromatic heterocycles. The lowest BCUT2D eigenvalue weighted by atomic mass is 9.81. The highest BCUT2D eigenvalue weighted by molar-refractivity contribution is 5.81. The molecule has 0 aliphatic heterocycles. The number of aryl methyl sites for hydroxylation is 1. The van der Waals surface area contributed by atoms with Gasteiger partial charge in [0.15, 0.2) is 0 Å². The van der Waals surface area contributed by atoms with Crippen LogP contribution < -0.4 is 5.32 Å². The van der Waals surface area contributed by atoms with E-state index in [1.54, 1.807) is 5.32 Å². The second-order valence-corrected chi connectivity index (χ2v) is 5.74. The minimum absolute atomic E-state index is 0.140. The van der Waals surface area contributed by atoms with Gasteiger partial charge in [0.25, 0.3) is 0 Å². The summed E-state index contributed by atoms with van der Waals surface area (Å²) in [6.45, 7) is -0.222. The Bertz CT molecular complexity index is 621. The molecule has 1 amide bonds. The lowest BCUT2D eigenvalue weighted by Gasteiger charge is -2.26. The van der Waals surface area contributed by atoms with Crippen LogP contribution in [0.3, 0.4) is 0 Å². The van der Waals surface area contributed by atoms with E-state index < -0.39 is 29.6 Å². The summed E-state index contributed by atoms with van der Waals surface area (Å²) >= 11 is 0. The molecule has 0 bridgehead atoms. The summed E-state index contributed by atoms with van der Waals surface area (Å²) in [5, 5.41) is 1.73. The Labute approximate surface area is 133 Å². The number of alkyl halides is 6. The fourth-order valence-corrected chi connectivity index (χ4v) is 2.80. The predicted molar refractivity (Wildman–Crippen MR) is 70.6 cm³/mol. The average Bonchev–Trinajstić information content (AvgIpc) is 2.45. The molecular weight excluding hydrogens is 343 g/mol. The van der Waals surface area contributed by atoms with Crippen LogP contribution in [0.15, 0.2) is 12.1 Å². The molecule has 1 aromatic rings. The van der Waals surface area contributed by atoms with Gasteiger partial charge in [-0.05, 0) is 54.9 Å². The lowest BCUT2D eigenvalue weighted by molar-refractivity contribution is -0.173. The number of benzene rings is 1. The van der Waals surface area contributed by atoms with Crippen LogP contribution in [0.25, 0.3) is 0 Å². The molecule has 1 atom stereocenters. The van der Waals surface area contributed by atoms with Gasteiger partial charge < -0.3 is 5.32 Å². The van der Waals surface area contributed by atoms with Crippen LogP contribution in [0.1, 0.15) is 29.5 Å². The maximum atomic E-state index is 13.9. The Morgan fingerprint density at radius 3 is 2.42 bits per heavy atom. The fourth-order valence-electron chi connectivity index (χ4n) is 2.80. The molecule has 1 aromatic carbocycles. The lowest BCUT2D eigenvalue weighted by Crippen LogP contribution is -2.38. The zero-order valence-corrected chi connectivity index (χ0v) is 12.3.